The van der Waals surface area contributed by atoms with Crippen LogP contribution in [0.4, 0.5) is 4.39 Å². The maximum atomic E-state index is 13.2. The van der Waals surface area contributed by atoms with Gasteiger partial charge in [-0.2, -0.15) is 0 Å². The Hall–Kier alpha value is -0.150. The Morgan fingerprint density at radius 2 is 2.07 bits per heavy atom. The largest absolute Gasteiger partial charge is 0.300 e. The Labute approximate surface area is 86.1 Å². The van der Waals surface area contributed by atoms with Gasteiger partial charge < -0.3 is 4.90 Å². The van der Waals surface area contributed by atoms with Crippen molar-refractivity contribution < 1.29 is 4.39 Å². The normalized spacial score (nSPS) is 35.1. The van der Waals surface area contributed by atoms with Crippen LogP contribution in [0.5, 0.6) is 0 Å². The van der Waals surface area contributed by atoms with Crippen molar-refractivity contribution in [1.82, 2.24) is 9.80 Å². The van der Waals surface area contributed by atoms with Gasteiger partial charge in [0.05, 0.1) is 0 Å². The minimum atomic E-state index is -0.570. The Morgan fingerprint density at radius 3 is 2.79 bits per heavy atom. The molecule has 0 unspecified atom stereocenters. The predicted octanol–water partition coefficient (Wildman–Crippen LogP) is 1.37. The van der Waals surface area contributed by atoms with Gasteiger partial charge in [0.1, 0.15) is 6.17 Å². The summed E-state index contributed by atoms with van der Waals surface area (Å²) in [5.41, 5.74) is 0. The van der Waals surface area contributed by atoms with E-state index in [1.807, 2.05) is 0 Å². The number of rotatable bonds is 2. The predicted molar refractivity (Wildman–Crippen MR) is 56.2 cm³/mol. The molecule has 0 N–H and O–H groups in total. The molecule has 0 spiro atoms. The van der Waals surface area contributed by atoms with Crippen LogP contribution in [0, 0.1) is 5.92 Å². The van der Waals surface area contributed by atoms with Gasteiger partial charge in [0, 0.05) is 38.8 Å². The van der Waals surface area contributed by atoms with Crippen LogP contribution in [0.3, 0.4) is 0 Å². The van der Waals surface area contributed by atoms with E-state index in [4.69, 9.17) is 0 Å². The Kier molecular flexibility index (Phi) is 3.07. The van der Waals surface area contributed by atoms with E-state index in [2.05, 4.69) is 23.6 Å². The number of hydrogen-bond acceptors (Lipinski definition) is 2. The van der Waals surface area contributed by atoms with Crippen LogP contribution in [-0.2, 0) is 0 Å². The fourth-order valence-corrected chi connectivity index (χ4v) is 2.73. The van der Waals surface area contributed by atoms with E-state index >= 15 is 0 Å². The molecule has 14 heavy (non-hydrogen) atoms. The van der Waals surface area contributed by atoms with Gasteiger partial charge in [0.2, 0.25) is 0 Å². The first-order valence-corrected chi connectivity index (χ1v) is 5.75. The van der Waals surface area contributed by atoms with E-state index in [0.29, 0.717) is 12.6 Å². The molecule has 0 bridgehead atoms. The van der Waals surface area contributed by atoms with Crippen molar-refractivity contribution in [3.8, 4) is 0 Å². The van der Waals surface area contributed by atoms with E-state index in [1.165, 1.54) is 6.54 Å². The molecule has 3 heteroatoms. The van der Waals surface area contributed by atoms with Crippen LogP contribution in [0.1, 0.15) is 20.3 Å². The number of halogens is 1. The molecule has 0 aromatic heterocycles. The Balaban J connectivity index is 1.85. The van der Waals surface area contributed by atoms with Gasteiger partial charge >= 0.3 is 0 Å². The second-order valence-electron chi connectivity index (χ2n) is 5.14. The summed E-state index contributed by atoms with van der Waals surface area (Å²) >= 11 is 0. The molecule has 2 heterocycles. The molecule has 0 aromatic rings. The fourth-order valence-electron chi connectivity index (χ4n) is 2.73. The molecule has 2 rings (SSSR count). The van der Waals surface area contributed by atoms with Crippen LogP contribution in [-0.4, -0.2) is 54.7 Å². The summed E-state index contributed by atoms with van der Waals surface area (Å²) in [6, 6.07) is 0.498. The fraction of sp³-hybridized carbons (Fsp3) is 1.00. The summed E-state index contributed by atoms with van der Waals surface area (Å²) < 4.78 is 13.2. The monoisotopic (exact) mass is 200 g/mol. The van der Waals surface area contributed by atoms with Crippen LogP contribution < -0.4 is 0 Å². The van der Waals surface area contributed by atoms with Gasteiger partial charge in [-0.1, -0.05) is 13.8 Å². The van der Waals surface area contributed by atoms with Gasteiger partial charge in [0.15, 0.2) is 0 Å². The molecule has 82 valence electrons. The highest BCUT2D eigenvalue weighted by atomic mass is 19.1. The molecule has 2 fully saturated rings. The smallest absolute Gasteiger partial charge is 0.114 e. The number of fused-ring (bicyclic) bond motifs is 1. The molecule has 2 nitrogen and oxygen atoms in total. The van der Waals surface area contributed by atoms with Crippen molar-refractivity contribution in [1.29, 1.82) is 0 Å². The summed E-state index contributed by atoms with van der Waals surface area (Å²) in [6.07, 6.45) is 0.188. The lowest BCUT2D eigenvalue weighted by molar-refractivity contribution is 0.0951. The average molecular weight is 200 g/mol. The number of hydrogen-bond donors (Lipinski definition) is 0. The second kappa shape index (κ2) is 4.15. The summed E-state index contributed by atoms with van der Waals surface area (Å²) in [6.45, 7) is 9.62. The molecule has 2 aliphatic heterocycles. The minimum absolute atomic E-state index is 0.498. The maximum Gasteiger partial charge on any atom is 0.114 e. The third-order valence-electron chi connectivity index (χ3n) is 3.27. The maximum absolute atomic E-state index is 13.2. The van der Waals surface area contributed by atoms with E-state index < -0.39 is 6.17 Å². The number of piperazine rings is 1. The Morgan fingerprint density at radius 1 is 1.29 bits per heavy atom. The summed E-state index contributed by atoms with van der Waals surface area (Å²) in [5.74, 6) is 0.726. The molecule has 0 aromatic carbocycles. The number of alkyl halides is 1. The summed E-state index contributed by atoms with van der Waals surface area (Å²) in [7, 11) is 0. The highest BCUT2D eigenvalue weighted by molar-refractivity contribution is 4.91. The highest BCUT2D eigenvalue weighted by Gasteiger charge is 2.35. The second-order valence-corrected chi connectivity index (χ2v) is 5.14. The summed E-state index contributed by atoms with van der Waals surface area (Å²) in [5, 5.41) is 0. The average Bonchev–Trinajstić information content (AvgIpc) is 2.42. The quantitative estimate of drug-likeness (QED) is 0.664. The number of nitrogens with zero attached hydrogens (tertiary/aromatic N) is 2. The molecular formula is C11H21FN2. The first-order valence-electron chi connectivity index (χ1n) is 5.75. The third-order valence-corrected chi connectivity index (χ3v) is 3.27. The van der Waals surface area contributed by atoms with Gasteiger partial charge in [0.25, 0.3) is 0 Å². The van der Waals surface area contributed by atoms with Gasteiger partial charge in [-0.25, -0.2) is 4.39 Å². The van der Waals surface area contributed by atoms with Crippen molar-refractivity contribution in [2.45, 2.75) is 32.5 Å². The zero-order valence-corrected chi connectivity index (χ0v) is 9.25. The molecule has 0 saturated carbocycles. The van der Waals surface area contributed by atoms with Crippen LogP contribution in [0.15, 0.2) is 0 Å². The SMILES string of the molecule is CC(C)CN1CCN2C[C@H](F)C[C@H]2C1. The zero-order chi connectivity index (χ0) is 10.1. The minimum Gasteiger partial charge on any atom is -0.300 e. The van der Waals surface area contributed by atoms with E-state index in [0.717, 1.165) is 32.0 Å². The molecule has 0 aliphatic carbocycles. The summed E-state index contributed by atoms with van der Waals surface area (Å²) in [4.78, 5) is 4.81. The first-order chi connectivity index (χ1) is 6.65. The topological polar surface area (TPSA) is 6.48 Å². The van der Waals surface area contributed by atoms with Crippen LogP contribution >= 0.6 is 0 Å². The first kappa shape index (κ1) is 10.4. The lowest BCUT2D eigenvalue weighted by Crippen LogP contribution is -2.50. The lowest BCUT2D eigenvalue weighted by Gasteiger charge is -2.37. The molecular weight excluding hydrogens is 179 g/mol. The van der Waals surface area contributed by atoms with Gasteiger partial charge in [-0.3, -0.25) is 4.90 Å². The van der Waals surface area contributed by atoms with E-state index in [-0.39, 0.29) is 0 Å². The van der Waals surface area contributed by atoms with Gasteiger partial charge in [-0.05, 0) is 12.3 Å². The Bertz CT molecular complexity index is 196. The van der Waals surface area contributed by atoms with Crippen molar-refractivity contribution >= 4 is 0 Å². The van der Waals surface area contributed by atoms with Crippen molar-refractivity contribution in [3.05, 3.63) is 0 Å². The van der Waals surface area contributed by atoms with E-state index in [1.54, 1.807) is 0 Å². The highest BCUT2D eigenvalue weighted by Crippen LogP contribution is 2.24. The van der Waals surface area contributed by atoms with Crippen molar-refractivity contribution in [3.63, 3.8) is 0 Å². The van der Waals surface area contributed by atoms with Crippen LogP contribution in [0.25, 0.3) is 0 Å². The van der Waals surface area contributed by atoms with Gasteiger partial charge in [-0.15, -0.1) is 0 Å². The lowest BCUT2D eigenvalue weighted by atomic mass is 10.1. The molecule has 0 amide bonds. The van der Waals surface area contributed by atoms with Crippen molar-refractivity contribution in [2.24, 2.45) is 5.92 Å². The molecule has 0 radical (unpaired) electrons. The zero-order valence-electron chi connectivity index (χ0n) is 9.25. The van der Waals surface area contributed by atoms with Crippen molar-refractivity contribution in [2.75, 3.05) is 32.7 Å². The van der Waals surface area contributed by atoms with Crippen LogP contribution in [0.2, 0.25) is 0 Å². The van der Waals surface area contributed by atoms with E-state index in [9.17, 15) is 4.39 Å². The standard InChI is InChI=1S/C11H21FN2/c1-9(2)6-13-3-4-14-7-10(12)5-11(14)8-13/h9-11H,3-8H2,1-2H3/t10-,11+/m1/s1. The molecule has 2 saturated heterocycles. The molecule has 2 atom stereocenters. The third kappa shape index (κ3) is 2.26. The molecule has 2 aliphatic rings.